The molecule has 0 radical (unpaired) electrons. The summed E-state index contributed by atoms with van der Waals surface area (Å²) in [5, 5.41) is 5.47. The third-order valence-electron chi connectivity index (χ3n) is 2.64. The van der Waals surface area contributed by atoms with Crippen LogP contribution in [0.1, 0.15) is 17.2 Å². The van der Waals surface area contributed by atoms with Crippen LogP contribution in [0.2, 0.25) is 0 Å². The Kier molecular flexibility index (Phi) is 3.89. The summed E-state index contributed by atoms with van der Waals surface area (Å²) in [5.74, 6) is 0.263. The van der Waals surface area contributed by atoms with Gasteiger partial charge in [-0.2, -0.15) is 0 Å². The van der Waals surface area contributed by atoms with E-state index in [4.69, 9.17) is 0 Å². The number of thioether (sulfide) groups is 1. The van der Waals surface area contributed by atoms with Crippen LogP contribution >= 0.6 is 23.1 Å². The van der Waals surface area contributed by atoms with Gasteiger partial charge in [0.15, 0.2) is 0 Å². The highest BCUT2D eigenvalue weighted by molar-refractivity contribution is 8.01. The van der Waals surface area contributed by atoms with Gasteiger partial charge in [-0.15, -0.1) is 23.1 Å². The maximum Gasteiger partial charge on any atom is 0.236 e. The molecule has 0 aliphatic carbocycles. The topological polar surface area (TPSA) is 32.3 Å². The summed E-state index contributed by atoms with van der Waals surface area (Å²) in [6.45, 7) is 3.63. The first-order valence-electron chi connectivity index (χ1n) is 5.38. The van der Waals surface area contributed by atoms with Crippen LogP contribution in [0.3, 0.4) is 0 Å². The van der Waals surface area contributed by atoms with Crippen molar-refractivity contribution in [1.29, 1.82) is 0 Å². The van der Waals surface area contributed by atoms with Crippen molar-refractivity contribution >= 4 is 29.0 Å². The van der Waals surface area contributed by atoms with Gasteiger partial charge in [0, 0.05) is 18.0 Å². The van der Waals surface area contributed by atoms with Gasteiger partial charge in [-0.3, -0.25) is 4.79 Å². The molecule has 1 aromatic rings. The number of carbonyl (C=O) groups excluding carboxylic acids is 1. The van der Waals surface area contributed by atoms with Crippen LogP contribution in [0.15, 0.2) is 17.5 Å². The smallest absolute Gasteiger partial charge is 0.236 e. The Bertz CT molecular complexity index is 353. The Labute approximate surface area is 104 Å². The Morgan fingerprint density at radius 3 is 3.00 bits per heavy atom. The van der Waals surface area contributed by atoms with Gasteiger partial charge in [0.1, 0.15) is 5.37 Å². The van der Waals surface area contributed by atoms with Crippen LogP contribution in [0.25, 0.3) is 0 Å². The highest BCUT2D eigenvalue weighted by atomic mass is 32.2. The monoisotopic (exact) mass is 256 g/mol. The number of nitrogens with one attached hydrogen (secondary N) is 1. The standard InChI is InChI=1S/C11H16N2OS2/c1-8-10(14)13(6-5-12-2)11(16-8)9-4-3-7-15-9/h3-4,7-8,11-12H,5-6H2,1-2H3/t8-,11-/m1/s1. The summed E-state index contributed by atoms with van der Waals surface area (Å²) < 4.78 is 0. The van der Waals surface area contributed by atoms with Crippen LogP contribution in [0.5, 0.6) is 0 Å². The lowest BCUT2D eigenvalue weighted by Crippen LogP contribution is -2.35. The van der Waals surface area contributed by atoms with Crippen LogP contribution in [0, 0.1) is 0 Å². The first-order chi connectivity index (χ1) is 7.74. The van der Waals surface area contributed by atoms with E-state index in [1.54, 1.807) is 23.1 Å². The summed E-state index contributed by atoms with van der Waals surface area (Å²) in [7, 11) is 1.91. The summed E-state index contributed by atoms with van der Waals surface area (Å²) in [4.78, 5) is 15.3. The molecule has 16 heavy (non-hydrogen) atoms. The lowest BCUT2D eigenvalue weighted by Gasteiger charge is -2.22. The minimum absolute atomic E-state index is 0.0870. The molecule has 2 atom stereocenters. The molecule has 1 aliphatic rings. The fourth-order valence-corrected chi connectivity index (χ4v) is 4.04. The molecule has 3 nitrogen and oxygen atoms in total. The molecule has 1 aromatic heterocycles. The van der Waals surface area contributed by atoms with Crippen molar-refractivity contribution in [3.05, 3.63) is 22.4 Å². The van der Waals surface area contributed by atoms with Crippen molar-refractivity contribution < 1.29 is 4.79 Å². The molecule has 1 N–H and O–H groups in total. The lowest BCUT2D eigenvalue weighted by atomic mass is 10.3. The van der Waals surface area contributed by atoms with Gasteiger partial charge in [0.25, 0.3) is 0 Å². The predicted molar refractivity (Wildman–Crippen MR) is 69.8 cm³/mol. The Morgan fingerprint density at radius 1 is 1.56 bits per heavy atom. The minimum Gasteiger partial charge on any atom is -0.323 e. The molecule has 1 saturated heterocycles. The quantitative estimate of drug-likeness (QED) is 0.893. The van der Waals surface area contributed by atoms with Gasteiger partial charge < -0.3 is 10.2 Å². The second kappa shape index (κ2) is 5.21. The number of thiophene rings is 1. The summed E-state index contributed by atoms with van der Waals surface area (Å²) in [6, 6.07) is 4.16. The number of rotatable bonds is 4. The molecule has 0 unspecified atom stereocenters. The van der Waals surface area contributed by atoms with Crippen molar-refractivity contribution in [1.82, 2.24) is 10.2 Å². The van der Waals surface area contributed by atoms with Crippen LogP contribution in [0.4, 0.5) is 0 Å². The number of likely N-dealkylation sites (N-methyl/N-ethyl adjacent to an activating group) is 1. The molecule has 88 valence electrons. The van der Waals surface area contributed by atoms with E-state index in [0.717, 1.165) is 13.1 Å². The second-order valence-electron chi connectivity index (χ2n) is 3.78. The fourth-order valence-electron chi connectivity index (χ4n) is 1.79. The zero-order valence-corrected chi connectivity index (χ0v) is 11.1. The Hall–Kier alpha value is -0.520. The highest BCUT2D eigenvalue weighted by Crippen LogP contribution is 2.43. The molecular formula is C11H16N2OS2. The van der Waals surface area contributed by atoms with Crippen LogP contribution in [-0.2, 0) is 4.79 Å². The first kappa shape index (κ1) is 12.0. The third kappa shape index (κ3) is 2.26. The highest BCUT2D eigenvalue weighted by Gasteiger charge is 2.38. The molecule has 1 aliphatic heterocycles. The molecule has 1 amide bonds. The molecule has 2 rings (SSSR count). The molecule has 0 spiro atoms. The van der Waals surface area contributed by atoms with Crippen molar-refractivity contribution in [3.63, 3.8) is 0 Å². The number of hydrogen-bond acceptors (Lipinski definition) is 4. The average Bonchev–Trinajstić information content (AvgIpc) is 2.87. The zero-order chi connectivity index (χ0) is 11.5. The maximum atomic E-state index is 12.0. The normalized spacial score (nSPS) is 25.4. The SMILES string of the molecule is CNCCN1C(=O)[C@@H](C)S[C@@H]1c1cccs1. The first-order valence-corrected chi connectivity index (χ1v) is 7.20. The number of hydrogen-bond donors (Lipinski definition) is 1. The number of amides is 1. The lowest BCUT2D eigenvalue weighted by molar-refractivity contribution is -0.129. The Morgan fingerprint density at radius 2 is 2.38 bits per heavy atom. The van der Waals surface area contributed by atoms with Gasteiger partial charge in [-0.1, -0.05) is 6.07 Å². The van der Waals surface area contributed by atoms with Gasteiger partial charge >= 0.3 is 0 Å². The van der Waals surface area contributed by atoms with Gasteiger partial charge in [0.2, 0.25) is 5.91 Å². The minimum atomic E-state index is 0.0870. The van der Waals surface area contributed by atoms with E-state index < -0.39 is 0 Å². The zero-order valence-electron chi connectivity index (χ0n) is 9.47. The van der Waals surface area contributed by atoms with E-state index in [-0.39, 0.29) is 16.5 Å². The molecule has 1 fully saturated rings. The summed E-state index contributed by atoms with van der Waals surface area (Å²) in [6.07, 6.45) is 0. The molecule has 2 heterocycles. The number of carbonyl (C=O) groups is 1. The average molecular weight is 256 g/mol. The van der Waals surface area contributed by atoms with E-state index in [9.17, 15) is 4.79 Å². The summed E-state index contributed by atoms with van der Waals surface area (Å²) in [5.41, 5.74) is 0. The maximum absolute atomic E-state index is 12.0. The molecule has 5 heteroatoms. The van der Waals surface area contributed by atoms with Crippen molar-refractivity contribution in [2.24, 2.45) is 0 Å². The predicted octanol–water partition coefficient (Wildman–Crippen LogP) is 1.93. The molecule has 0 aromatic carbocycles. The largest absolute Gasteiger partial charge is 0.323 e. The van der Waals surface area contributed by atoms with E-state index >= 15 is 0 Å². The van der Waals surface area contributed by atoms with Crippen molar-refractivity contribution in [2.45, 2.75) is 17.5 Å². The fraction of sp³-hybridized carbons (Fsp3) is 0.545. The summed E-state index contributed by atoms with van der Waals surface area (Å²) >= 11 is 3.48. The molecule has 0 bridgehead atoms. The van der Waals surface area contributed by atoms with Gasteiger partial charge in [0.05, 0.1) is 5.25 Å². The Balaban J connectivity index is 2.13. The number of nitrogens with zero attached hydrogens (tertiary/aromatic N) is 1. The van der Waals surface area contributed by atoms with E-state index in [2.05, 4.69) is 16.8 Å². The van der Waals surface area contributed by atoms with Gasteiger partial charge in [-0.25, -0.2) is 0 Å². The van der Waals surface area contributed by atoms with E-state index in [0.29, 0.717) is 0 Å². The van der Waals surface area contributed by atoms with Crippen molar-refractivity contribution in [3.8, 4) is 0 Å². The third-order valence-corrected chi connectivity index (χ3v) is 5.09. The van der Waals surface area contributed by atoms with Crippen LogP contribution < -0.4 is 5.32 Å². The van der Waals surface area contributed by atoms with Crippen LogP contribution in [-0.4, -0.2) is 36.2 Å². The molecule has 0 saturated carbocycles. The van der Waals surface area contributed by atoms with Crippen molar-refractivity contribution in [2.75, 3.05) is 20.1 Å². The van der Waals surface area contributed by atoms with E-state index in [1.165, 1.54) is 4.88 Å². The second-order valence-corrected chi connectivity index (χ2v) is 6.19. The van der Waals surface area contributed by atoms with Gasteiger partial charge in [-0.05, 0) is 25.4 Å². The van der Waals surface area contributed by atoms with E-state index in [1.807, 2.05) is 24.9 Å². The molecular weight excluding hydrogens is 240 g/mol.